The van der Waals surface area contributed by atoms with Gasteiger partial charge in [0.15, 0.2) is 0 Å². The molecule has 1 aliphatic carbocycles. The zero-order chi connectivity index (χ0) is 13.0. The number of aromatic nitrogens is 1. The van der Waals surface area contributed by atoms with Crippen LogP contribution in [0.1, 0.15) is 50.3 Å². The number of nitrogens with zero attached hydrogens (tertiary/aromatic N) is 1. The van der Waals surface area contributed by atoms with Gasteiger partial charge in [0.25, 0.3) is 0 Å². The highest BCUT2D eigenvalue weighted by Gasteiger charge is 2.25. The van der Waals surface area contributed by atoms with E-state index in [1.165, 1.54) is 38.5 Å². The molecule has 1 atom stereocenters. The third kappa shape index (κ3) is 3.55. The van der Waals surface area contributed by atoms with Crippen LogP contribution < -0.4 is 5.32 Å². The summed E-state index contributed by atoms with van der Waals surface area (Å²) in [5.74, 6) is 0.711. The summed E-state index contributed by atoms with van der Waals surface area (Å²) in [5, 5.41) is 3.47. The minimum atomic E-state index is 0.366. The molecule has 0 aromatic carbocycles. The molecule has 2 rings (SSSR count). The Morgan fingerprint density at radius 3 is 2.44 bits per heavy atom. The van der Waals surface area contributed by atoms with Gasteiger partial charge < -0.3 is 5.32 Å². The van der Waals surface area contributed by atoms with Crippen LogP contribution in [0.4, 0.5) is 0 Å². The number of halogens is 2. The molecule has 1 aliphatic rings. The molecule has 0 saturated heterocycles. The Morgan fingerprint density at radius 2 is 1.89 bits per heavy atom. The molecule has 1 heterocycles. The fraction of sp³-hybridized carbons (Fsp3) is 0.643. The zero-order valence-electron chi connectivity index (χ0n) is 10.8. The quantitative estimate of drug-likeness (QED) is 0.764. The fourth-order valence-electron chi connectivity index (χ4n) is 2.89. The summed E-state index contributed by atoms with van der Waals surface area (Å²) < 4.78 is 2.12. The molecule has 1 N–H and O–H groups in total. The van der Waals surface area contributed by atoms with E-state index < -0.39 is 0 Å². The van der Waals surface area contributed by atoms with Gasteiger partial charge in [0.2, 0.25) is 0 Å². The first-order valence-corrected chi connectivity index (χ1v) is 8.29. The smallest absolute Gasteiger partial charge is 0.0718 e. The fourth-order valence-corrected chi connectivity index (χ4v) is 4.13. The van der Waals surface area contributed by atoms with Crippen molar-refractivity contribution in [2.45, 2.75) is 44.6 Å². The van der Waals surface area contributed by atoms with Crippen molar-refractivity contribution in [3.8, 4) is 0 Å². The minimum Gasteiger partial charge on any atom is -0.311 e. The third-order valence-corrected chi connectivity index (χ3v) is 4.88. The molecule has 1 saturated carbocycles. The van der Waals surface area contributed by atoms with E-state index in [-0.39, 0.29) is 0 Å². The van der Waals surface area contributed by atoms with Crippen molar-refractivity contribution in [1.29, 1.82) is 0 Å². The Bertz CT molecular complexity index is 387. The second-order valence-electron chi connectivity index (χ2n) is 5.04. The lowest BCUT2D eigenvalue weighted by molar-refractivity contribution is 0.335. The van der Waals surface area contributed by atoms with E-state index in [0.717, 1.165) is 14.6 Å². The first-order valence-electron chi connectivity index (χ1n) is 6.70. The van der Waals surface area contributed by atoms with Crippen LogP contribution in [0.25, 0.3) is 0 Å². The first-order chi connectivity index (χ1) is 8.72. The van der Waals surface area contributed by atoms with Gasteiger partial charge in [-0.2, -0.15) is 0 Å². The van der Waals surface area contributed by atoms with Crippen molar-refractivity contribution in [3.63, 3.8) is 0 Å². The van der Waals surface area contributed by atoms with Gasteiger partial charge in [0.05, 0.1) is 11.7 Å². The molecule has 4 heteroatoms. The Kier molecular flexibility index (Phi) is 5.64. The van der Waals surface area contributed by atoms with Crippen LogP contribution in [0.3, 0.4) is 0 Å². The molecule has 1 unspecified atom stereocenters. The van der Waals surface area contributed by atoms with E-state index in [0.29, 0.717) is 12.0 Å². The number of pyridine rings is 1. The molecule has 18 heavy (non-hydrogen) atoms. The maximum atomic E-state index is 4.60. The van der Waals surface area contributed by atoms with Gasteiger partial charge >= 0.3 is 0 Å². The van der Waals surface area contributed by atoms with Gasteiger partial charge in [-0.3, -0.25) is 4.98 Å². The Morgan fingerprint density at radius 1 is 1.22 bits per heavy atom. The van der Waals surface area contributed by atoms with Crippen LogP contribution in [0.2, 0.25) is 0 Å². The average molecular weight is 376 g/mol. The van der Waals surface area contributed by atoms with Gasteiger partial charge in [0.1, 0.15) is 0 Å². The van der Waals surface area contributed by atoms with E-state index in [1.54, 1.807) is 0 Å². The summed E-state index contributed by atoms with van der Waals surface area (Å²) in [7, 11) is 2.05. The van der Waals surface area contributed by atoms with Gasteiger partial charge in [0, 0.05) is 15.1 Å². The number of rotatable bonds is 3. The molecule has 0 bridgehead atoms. The van der Waals surface area contributed by atoms with E-state index in [1.807, 2.05) is 13.2 Å². The zero-order valence-corrected chi connectivity index (χ0v) is 13.9. The van der Waals surface area contributed by atoms with E-state index in [9.17, 15) is 0 Å². The highest BCUT2D eigenvalue weighted by Crippen LogP contribution is 2.35. The Labute approximate surface area is 126 Å². The topological polar surface area (TPSA) is 24.9 Å². The summed E-state index contributed by atoms with van der Waals surface area (Å²) in [6.45, 7) is 0. The molecular formula is C14H20Br2N2. The van der Waals surface area contributed by atoms with Crippen LogP contribution in [0, 0.1) is 5.92 Å². The normalized spacial score (nSPS) is 19.5. The molecule has 1 fully saturated rings. The van der Waals surface area contributed by atoms with Crippen LogP contribution in [-0.4, -0.2) is 12.0 Å². The summed E-state index contributed by atoms with van der Waals surface area (Å²) in [5.41, 5.74) is 1.15. The standard InChI is InChI=1S/C14H20Br2N2/c1-17-13(10-6-4-2-3-5-7-10)14-12(16)8-11(15)9-18-14/h8-10,13,17H,2-7H2,1H3. The Hall–Kier alpha value is 0.0700. The summed E-state index contributed by atoms with van der Waals surface area (Å²) in [4.78, 5) is 4.60. The van der Waals surface area contributed by atoms with Crippen molar-refractivity contribution in [2.75, 3.05) is 7.05 Å². The van der Waals surface area contributed by atoms with Crippen molar-refractivity contribution < 1.29 is 0 Å². The number of hydrogen-bond donors (Lipinski definition) is 1. The minimum absolute atomic E-state index is 0.366. The summed E-state index contributed by atoms with van der Waals surface area (Å²) >= 11 is 7.11. The maximum absolute atomic E-state index is 4.60. The lowest BCUT2D eigenvalue weighted by Crippen LogP contribution is -2.26. The maximum Gasteiger partial charge on any atom is 0.0718 e. The van der Waals surface area contributed by atoms with Crippen LogP contribution >= 0.6 is 31.9 Å². The molecule has 0 spiro atoms. The second kappa shape index (κ2) is 7.01. The second-order valence-corrected chi connectivity index (χ2v) is 6.81. The van der Waals surface area contributed by atoms with Crippen molar-refractivity contribution >= 4 is 31.9 Å². The highest BCUT2D eigenvalue weighted by atomic mass is 79.9. The molecule has 0 aliphatic heterocycles. The van der Waals surface area contributed by atoms with Gasteiger partial charge in [-0.05, 0) is 63.7 Å². The molecule has 0 radical (unpaired) electrons. The van der Waals surface area contributed by atoms with E-state index >= 15 is 0 Å². The van der Waals surface area contributed by atoms with Gasteiger partial charge in [-0.25, -0.2) is 0 Å². The van der Waals surface area contributed by atoms with Crippen LogP contribution in [0.5, 0.6) is 0 Å². The molecule has 1 aromatic rings. The lowest BCUT2D eigenvalue weighted by atomic mass is 9.89. The largest absolute Gasteiger partial charge is 0.311 e. The van der Waals surface area contributed by atoms with Gasteiger partial charge in [-0.15, -0.1) is 0 Å². The van der Waals surface area contributed by atoms with E-state index in [4.69, 9.17) is 0 Å². The first kappa shape index (κ1) is 14.5. The monoisotopic (exact) mass is 374 g/mol. The number of nitrogens with one attached hydrogen (secondary N) is 1. The predicted molar refractivity (Wildman–Crippen MR) is 82.6 cm³/mol. The average Bonchev–Trinajstić information content (AvgIpc) is 2.62. The lowest BCUT2D eigenvalue weighted by Gasteiger charge is -2.26. The molecule has 0 amide bonds. The summed E-state index contributed by atoms with van der Waals surface area (Å²) in [6, 6.07) is 2.45. The SMILES string of the molecule is CNC(c1ncc(Br)cc1Br)C1CCCCCC1. The van der Waals surface area contributed by atoms with Crippen molar-refractivity contribution in [2.24, 2.45) is 5.92 Å². The molecule has 1 aromatic heterocycles. The van der Waals surface area contributed by atoms with Crippen molar-refractivity contribution in [1.82, 2.24) is 10.3 Å². The van der Waals surface area contributed by atoms with Crippen LogP contribution in [-0.2, 0) is 0 Å². The van der Waals surface area contributed by atoms with E-state index in [2.05, 4.69) is 48.2 Å². The highest BCUT2D eigenvalue weighted by molar-refractivity contribution is 9.11. The predicted octanol–water partition coefficient (Wildman–Crippen LogP) is 4.84. The van der Waals surface area contributed by atoms with Crippen molar-refractivity contribution in [3.05, 3.63) is 26.9 Å². The molecule has 100 valence electrons. The Balaban J connectivity index is 2.20. The molecular weight excluding hydrogens is 356 g/mol. The number of hydrogen-bond acceptors (Lipinski definition) is 2. The molecule has 2 nitrogen and oxygen atoms in total. The van der Waals surface area contributed by atoms with Crippen LogP contribution in [0.15, 0.2) is 21.2 Å². The summed E-state index contributed by atoms with van der Waals surface area (Å²) in [6.07, 6.45) is 10.0. The van der Waals surface area contributed by atoms with Gasteiger partial charge in [-0.1, -0.05) is 25.7 Å². The third-order valence-electron chi connectivity index (χ3n) is 3.81.